The topological polar surface area (TPSA) is 4.93 Å². The van der Waals surface area contributed by atoms with E-state index in [-0.39, 0.29) is 0 Å². The van der Waals surface area contributed by atoms with E-state index in [0.717, 1.165) is 12.8 Å². The van der Waals surface area contributed by atoms with Crippen molar-refractivity contribution in [1.82, 2.24) is 4.57 Å². The second kappa shape index (κ2) is 11.8. The maximum Gasteiger partial charge on any atom is 0.0541 e. The summed E-state index contributed by atoms with van der Waals surface area (Å²) in [6, 6.07) is 39.2. The first kappa shape index (κ1) is 27.1. The van der Waals surface area contributed by atoms with Crippen LogP contribution in [0.25, 0.3) is 49.7 Å². The van der Waals surface area contributed by atoms with Crippen molar-refractivity contribution in [2.75, 3.05) is 0 Å². The lowest BCUT2D eigenvalue weighted by Gasteiger charge is -2.11. The predicted molar refractivity (Wildman–Crippen MR) is 178 cm³/mol. The number of hydrogen-bond donors (Lipinski definition) is 0. The normalized spacial score (nSPS) is 11.5. The fourth-order valence-corrected chi connectivity index (χ4v) is 6.23. The Morgan fingerprint density at radius 3 is 1.29 bits per heavy atom. The molecule has 0 fully saturated rings. The van der Waals surface area contributed by atoms with Gasteiger partial charge in [-0.05, 0) is 120 Å². The number of fused-ring (bicyclic) bond motifs is 3. The van der Waals surface area contributed by atoms with Crippen molar-refractivity contribution in [2.24, 2.45) is 0 Å². The van der Waals surface area contributed by atoms with Crippen molar-refractivity contribution in [3.8, 4) is 27.9 Å². The van der Waals surface area contributed by atoms with Crippen LogP contribution in [0.4, 0.5) is 0 Å². The molecule has 1 aromatic heterocycles. The van der Waals surface area contributed by atoms with Crippen molar-refractivity contribution in [3.05, 3.63) is 125 Å². The highest BCUT2D eigenvalue weighted by molar-refractivity contribution is 6.11. The first-order chi connectivity index (χ1) is 20.0. The minimum Gasteiger partial charge on any atom is -0.309 e. The van der Waals surface area contributed by atoms with Crippen molar-refractivity contribution < 1.29 is 0 Å². The fourth-order valence-electron chi connectivity index (χ4n) is 6.23. The summed E-state index contributed by atoms with van der Waals surface area (Å²) in [6.45, 7) is 8.89. The maximum absolute atomic E-state index is 2.44. The molecule has 0 aliphatic heterocycles. The molecule has 6 rings (SSSR count). The standard InChI is InChI=1S/C40H41N/c1-5-7-9-30-11-15-32(16-12-30)34-19-21-39-37(26-34)38-27-35(33-17-13-31(14-18-33)10-8-6-2)20-22-40(38)41(39)36-24-28(3)23-29(4)25-36/h11-27H,5-10H2,1-4H3. The molecule has 41 heavy (non-hydrogen) atoms. The van der Waals surface area contributed by atoms with Crippen LogP contribution in [0.5, 0.6) is 0 Å². The van der Waals surface area contributed by atoms with E-state index in [2.05, 4.69) is 135 Å². The van der Waals surface area contributed by atoms with Gasteiger partial charge in [0.25, 0.3) is 0 Å². The van der Waals surface area contributed by atoms with E-state index >= 15 is 0 Å². The molecular weight excluding hydrogens is 494 g/mol. The number of aryl methyl sites for hydroxylation is 4. The second-order valence-electron chi connectivity index (χ2n) is 11.7. The molecule has 0 bridgehead atoms. The number of nitrogens with zero attached hydrogens (tertiary/aromatic N) is 1. The first-order valence-electron chi connectivity index (χ1n) is 15.4. The summed E-state index contributed by atoms with van der Waals surface area (Å²) in [5, 5.41) is 2.60. The van der Waals surface area contributed by atoms with E-state index in [9.17, 15) is 0 Å². The molecule has 206 valence electrons. The summed E-state index contributed by atoms with van der Waals surface area (Å²) in [6.07, 6.45) is 7.26. The Kier molecular flexibility index (Phi) is 7.79. The zero-order valence-corrected chi connectivity index (χ0v) is 25.0. The van der Waals surface area contributed by atoms with Crippen LogP contribution in [-0.4, -0.2) is 4.57 Å². The van der Waals surface area contributed by atoms with E-state index in [0.29, 0.717) is 0 Å². The van der Waals surface area contributed by atoms with Crippen LogP contribution in [0.3, 0.4) is 0 Å². The van der Waals surface area contributed by atoms with Gasteiger partial charge < -0.3 is 4.57 Å². The van der Waals surface area contributed by atoms with Gasteiger partial charge in [0.1, 0.15) is 0 Å². The number of hydrogen-bond acceptors (Lipinski definition) is 0. The second-order valence-corrected chi connectivity index (χ2v) is 11.7. The molecule has 1 heterocycles. The SMILES string of the molecule is CCCCc1ccc(-c2ccc3c(c2)c2cc(-c4ccc(CCCC)cc4)ccc2n3-c2cc(C)cc(C)c2)cc1. The molecular formula is C40H41N. The molecule has 0 unspecified atom stereocenters. The molecule has 0 amide bonds. The molecule has 1 heteroatoms. The third-order valence-corrected chi connectivity index (χ3v) is 8.44. The summed E-state index contributed by atoms with van der Waals surface area (Å²) < 4.78 is 2.44. The molecule has 0 spiro atoms. The van der Waals surface area contributed by atoms with Gasteiger partial charge in [-0.2, -0.15) is 0 Å². The van der Waals surface area contributed by atoms with Gasteiger partial charge in [-0.15, -0.1) is 0 Å². The molecule has 0 aliphatic rings. The van der Waals surface area contributed by atoms with Crippen LogP contribution in [0, 0.1) is 13.8 Å². The zero-order valence-electron chi connectivity index (χ0n) is 25.0. The fraction of sp³-hybridized carbons (Fsp3) is 0.250. The Labute approximate surface area is 245 Å². The number of rotatable bonds is 9. The van der Waals surface area contributed by atoms with Gasteiger partial charge in [0.2, 0.25) is 0 Å². The Morgan fingerprint density at radius 2 is 0.878 bits per heavy atom. The Morgan fingerprint density at radius 1 is 0.463 bits per heavy atom. The molecule has 0 saturated carbocycles. The van der Waals surface area contributed by atoms with Crippen molar-refractivity contribution in [3.63, 3.8) is 0 Å². The molecule has 0 saturated heterocycles. The number of benzene rings is 5. The van der Waals surface area contributed by atoms with Gasteiger partial charge in [0.15, 0.2) is 0 Å². The predicted octanol–water partition coefficient (Wildman–Crippen LogP) is 11.4. The summed E-state index contributed by atoms with van der Waals surface area (Å²) in [5.41, 5.74) is 14.2. The molecule has 1 nitrogen and oxygen atoms in total. The third kappa shape index (κ3) is 5.59. The lowest BCUT2D eigenvalue weighted by Crippen LogP contribution is -1.95. The van der Waals surface area contributed by atoms with Gasteiger partial charge in [-0.3, -0.25) is 0 Å². The molecule has 0 radical (unpaired) electrons. The van der Waals surface area contributed by atoms with Gasteiger partial charge in [-0.1, -0.05) is 93.4 Å². The quantitative estimate of drug-likeness (QED) is 0.173. The highest BCUT2D eigenvalue weighted by Gasteiger charge is 2.15. The number of aromatic nitrogens is 1. The largest absolute Gasteiger partial charge is 0.309 e. The Hall–Kier alpha value is -4.10. The van der Waals surface area contributed by atoms with Gasteiger partial charge in [0, 0.05) is 16.5 Å². The monoisotopic (exact) mass is 535 g/mol. The van der Waals surface area contributed by atoms with Gasteiger partial charge in [-0.25, -0.2) is 0 Å². The van der Waals surface area contributed by atoms with Gasteiger partial charge >= 0.3 is 0 Å². The lowest BCUT2D eigenvalue weighted by molar-refractivity contribution is 0.795. The highest BCUT2D eigenvalue weighted by Crippen LogP contribution is 2.37. The smallest absolute Gasteiger partial charge is 0.0541 e. The lowest BCUT2D eigenvalue weighted by atomic mass is 9.98. The maximum atomic E-state index is 2.44. The van der Waals surface area contributed by atoms with E-state index in [1.807, 2.05) is 0 Å². The average Bonchev–Trinajstić information content (AvgIpc) is 3.32. The summed E-state index contributed by atoms with van der Waals surface area (Å²) >= 11 is 0. The van der Waals surface area contributed by atoms with Crippen molar-refractivity contribution in [2.45, 2.75) is 66.2 Å². The summed E-state index contributed by atoms with van der Waals surface area (Å²) in [5.74, 6) is 0. The molecule has 6 aromatic rings. The van der Waals surface area contributed by atoms with E-state index in [4.69, 9.17) is 0 Å². The van der Waals surface area contributed by atoms with Crippen LogP contribution in [-0.2, 0) is 12.8 Å². The third-order valence-electron chi connectivity index (χ3n) is 8.44. The van der Waals surface area contributed by atoms with Gasteiger partial charge in [0.05, 0.1) is 11.0 Å². The average molecular weight is 536 g/mol. The van der Waals surface area contributed by atoms with Crippen LogP contribution in [0.2, 0.25) is 0 Å². The minimum atomic E-state index is 1.15. The van der Waals surface area contributed by atoms with Crippen LogP contribution in [0.15, 0.2) is 103 Å². The summed E-state index contributed by atoms with van der Waals surface area (Å²) in [4.78, 5) is 0. The molecule has 0 N–H and O–H groups in total. The summed E-state index contributed by atoms with van der Waals surface area (Å²) in [7, 11) is 0. The Bertz CT molecular complexity index is 1670. The molecule has 0 atom stereocenters. The first-order valence-corrected chi connectivity index (χ1v) is 15.4. The van der Waals surface area contributed by atoms with Crippen LogP contribution < -0.4 is 0 Å². The van der Waals surface area contributed by atoms with E-state index < -0.39 is 0 Å². The molecule has 5 aromatic carbocycles. The van der Waals surface area contributed by atoms with Crippen LogP contribution in [0.1, 0.15) is 61.8 Å². The van der Waals surface area contributed by atoms with Crippen molar-refractivity contribution >= 4 is 21.8 Å². The molecule has 0 aliphatic carbocycles. The minimum absolute atomic E-state index is 1.15. The highest BCUT2D eigenvalue weighted by atomic mass is 15.0. The Balaban J connectivity index is 1.50. The van der Waals surface area contributed by atoms with E-state index in [1.54, 1.807) is 0 Å². The van der Waals surface area contributed by atoms with Crippen molar-refractivity contribution in [1.29, 1.82) is 0 Å². The van der Waals surface area contributed by atoms with Crippen LogP contribution >= 0.6 is 0 Å². The zero-order chi connectivity index (χ0) is 28.3. The number of unbranched alkanes of at least 4 members (excludes halogenated alkanes) is 2. The van der Waals surface area contributed by atoms with E-state index in [1.165, 1.54) is 97.7 Å².